The van der Waals surface area contributed by atoms with Gasteiger partial charge < -0.3 is 9.47 Å². The normalized spacial score (nSPS) is 11.4. The van der Waals surface area contributed by atoms with Gasteiger partial charge in [-0.05, 0) is 104 Å². The first-order valence-corrected chi connectivity index (χ1v) is 22.0. The molecule has 0 aliphatic carbocycles. The van der Waals surface area contributed by atoms with Crippen molar-refractivity contribution in [2.24, 2.45) is 0 Å². The van der Waals surface area contributed by atoms with Gasteiger partial charge in [0.15, 0.2) is 0 Å². The van der Waals surface area contributed by atoms with Crippen molar-refractivity contribution >= 4 is 60.4 Å². The van der Waals surface area contributed by atoms with Gasteiger partial charge in [0.1, 0.15) is 0 Å². The zero-order chi connectivity index (χ0) is 42.4. The smallest absolute Gasteiger partial charge is 0.0541 e. The monoisotopic (exact) mass is 814 g/mol. The van der Waals surface area contributed by atoms with Gasteiger partial charge in [-0.2, -0.15) is 0 Å². The highest BCUT2D eigenvalue weighted by atomic mass is 15.1. The van der Waals surface area contributed by atoms with Gasteiger partial charge in [-0.25, -0.2) is 0 Å². The van der Waals surface area contributed by atoms with Gasteiger partial charge in [-0.3, -0.25) is 0 Å². The maximum atomic E-state index is 2.50. The molecule has 0 amide bonds. The topological polar surface area (TPSA) is 8.17 Å². The molecule has 11 aromatic carbocycles. The lowest BCUT2D eigenvalue weighted by molar-refractivity contribution is 1.18. The molecule has 1 heterocycles. The Balaban J connectivity index is 1.13. The Kier molecular flexibility index (Phi) is 9.20. The number of nitrogens with zero attached hydrogens (tertiary/aromatic N) is 2. The fourth-order valence-corrected chi connectivity index (χ4v) is 9.81. The van der Waals surface area contributed by atoms with Gasteiger partial charge in [0.05, 0.1) is 28.1 Å². The second-order valence-electron chi connectivity index (χ2n) is 16.5. The average Bonchev–Trinajstić information content (AvgIpc) is 3.71. The summed E-state index contributed by atoms with van der Waals surface area (Å²) in [5, 5.41) is 7.34. The third-order valence-electron chi connectivity index (χ3n) is 12.8. The highest BCUT2D eigenvalue weighted by Gasteiger charge is 2.24. The zero-order valence-corrected chi connectivity index (χ0v) is 35.1. The molecular formula is C62H42N2. The van der Waals surface area contributed by atoms with E-state index in [0.29, 0.717) is 0 Å². The van der Waals surface area contributed by atoms with Crippen molar-refractivity contribution in [1.29, 1.82) is 0 Å². The van der Waals surface area contributed by atoms with Gasteiger partial charge in [-0.1, -0.05) is 200 Å². The van der Waals surface area contributed by atoms with Crippen LogP contribution < -0.4 is 4.90 Å². The van der Waals surface area contributed by atoms with Gasteiger partial charge in [-0.15, -0.1) is 0 Å². The lowest BCUT2D eigenvalue weighted by Crippen LogP contribution is -2.13. The molecule has 0 aliphatic rings. The van der Waals surface area contributed by atoms with Gasteiger partial charge in [0, 0.05) is 33.0 Å². The van der Waals surface area contributed by atoms with Crippen LogP contribution in [0.1, 0.15) is 0 Å². The van der Waals surface area contributed by atoms with Crippen molar-refractivity contribution in [3.63, 3.8) is 0 Å². The van der Waals surface area contributed by atoms with Gasteiger partial charge in [0.25, 0.3) is 0 Å². The second-order valence-corrected chi connectivity index (χ2v) is 16.5. The average molecular weight is 815 g/mol. The Bertz CT molecular complexity index is 3620. The molecule has 2 heteroatoms. The first kappa shape index (κ1) is 37.3. The summed E-state index contributed by atoms with van der Waals surface area (Å²) in [6.07, 6.45) is 0. The summed E-state index contributed by atoms with van der Waals surface area (Å²) in [5.74, 6) is 0. The molecule has 12 rings (SSSR count). The second kappa shape index (κ2) is 15.8. The molecular weight excluding hydrogens is 773 g/mol. The summed E-state index contributed by atoms with van der Waals surface area (Å²) in [4.78, 5) is 2.50. The van der Waals surface area contributed by atoms with Crippen LogP contribution in [0.5, 0.6) is 0 Å². The van der Waals surface area contributed by atoms with E-state index < -0.39 is 0 Å². The molecule has 0 saturated carbocycles. The number of benzene rings is 11. The Hall–Kier alpha value is -8.46. The Labute approximate surface area is 373 Å². The molecule has 0 N–H and O–H groups in total. The molecule has 0 saturated heterocycles. The van der Waals surface area contributed by atoms with E-state index in [2.05, 4.69) is 264 Å². The number of aromatic nitrogens is 1. The van der Waals surface area contributed by atoms with Crippen molar-refractivity contribution in [3.05, 3.63) is 255 Å². The van der Waals surface area contributed by atoms with Crippen molar-refractivity contribution in [2.45, 2.75) is 0 Å². The van der Waals surface area contributed by atoms with Crippen LogP contribution >= 0.6 is 0 Å². The first-order valence-electron chi connectivity index (χ1n) is 22.0. The molecule has 0 aliphatic heterocycles. The summed E-state index contributed by atoms with van der Waals surface area (Å²) in [7, 11) is 0. The van der Waals surface area contributed by atoms with Crippen molar-refractivity contribution < 1.29 is 0 Å². The Morgan fingerprint density at radius 3 is 1.45 bits per heavy atom. The third-order valence-corrected chi connectivity index (χ3v) is 12.8. The van der Waals surface area contributed by atoms with Crippen LogP contribution in [-0.2, 0) is 0 Å². The molecule has 2 nitrogen and oxygen atoms in total. The van der Waals surface area contributed by atoms with Crippen molar-refractivity contribution in [1.82, 2.24) is 4.57 Å². The molecule has 1 aromatic heterocycles. The molecule has 0 spiro atoms. The van der Waals surface area contributed by atoms with Crippen LogP contribution in [0, 0.1) is 0 Å². The van der Waals surface area contributed by atoms with Crippen LogP contribution in [-0.4, -0.2) is 4.57 Å². The molecule has 12 aromatic rings. The highest BCUT2D eigenvalue weighted by Crippen LogP contribution is 2.49. The number of para-hydroxylation sites is 4. The zero-order valence-electron chi connectivity index (χ0n) is 35.1. The van der Waals surface area contributed by atoms with Crippen molar-refractivity contribution in [3.8, 4) is 50.2 Å². The number of hydrogen-bond acceptors (Lipinski definition) is 1. The van der Waals surface area contributed by atoms with Crippen LogP contribution in [0.15, 0.2) is 255 Å². The molecule has 0 unspecified atom stereocenters. The standard InChI is InChI=1S/C62H42N2/c1-3-19-43(20-4-1)48-40-49(42-50(41-48)63-60-33-17-13-29-56(60)57-30-14-18-34-61(57)63)53-26-12-16-32-59(53)64(58-31-15-11-25-52(58)45-22-5-2-6-23-45)62-38-37-51(54-27-9-10-28-55(54)62)47-36-35-44-21-7-8-24-46(44)39-47/h1-42H. The van der Waals surface area contributed by atoms with E-state index in [1.807, 2.05) is 0 Å². The number of fused-ring (bicyclic) bond motifs is 5. The summed E-state index contributed by atoms with van der Waals surface area (Å²) >= 11 is 0. The number of anilines is 3. The predicted octanol–water partition coefficient (Wildman–Crippen LogP) is 17.2. The molecule has 300 valence electrons. The summed E-state index contributed by atoms with van der Waals surface area (Å²) in [6.45, 7) is 0. The van der Waals surface area contributed by atoms with E-state index >= 15 is 0 Å². The quantitative estimate of drug-likeness (QED) is 0.148. The molecule has 0 bridgehead atoms. The molecule has 0 atom stereocenters. The van der Waals surface area contributed by atoms with Crippen LogP contribution in [0.25, 0.3) is 93.5 Å². The minimum Gasteiger partial charge on any atom is -0.309 e. The molecule has 0 radical (unpaired) electrons. The van der Waals surface area contributed by atoms with Gasteiger partial charge >= 0.3 is 0 Å². The van der Waals surface area contributed by atoms with E-state index in [-0.39, 0.29) is 0 Å². The van der Waals surface area contributed by atoms with Crippen LogP contribution in [0.2, 0.25) is 0 Å². The third kappa shape index (κ3) is 6.44. The maximum Gasteiger partial charge on any atom is 0.0541 e. The van der Waals surface area contributed by atoms with E-state index in [9.17, 15) is 0 Å². The van der Waals surface area contributed by atoms with Crippen LogP contribution in [0.3, 0.4) is 0 Å². The summed E-state index contributed by atoms with van der Waals surface area (Å²) in [5.41, 5.74) is 16.1. The van der Waals surface area contributed by atoms with E-state index in [0.717, 1.165) is 50.6 Å². The molecule has 0 fully saturated rings. The van der Waals surface area contributed by atoms with Crippen LogP contribution in [0.4, 0.5) is 17.1 Å². The van der Waals surface area contributed by atoms with E-state index in [1.165, 1.54) is 60.0 Å². The van der Waals surface area contributed by atoms with Gasteiger partial charge in [0.2, 0.25) is 0 Å². The predicted molar refractivity (Wildman–Crippen MR) is 272 cm³/mol. The highest BCUT2D eigenvalue weighted by molar-refractivity contribution is 6.11. The SMILES string of the molecule is c1ccc(-c2cc(-c3ccccc3N(c3ccccc3-c3ccccc3)c3ccc(-c4ccc5ccccc5c4)c4ccccc34)cc(-n3c4ccccc4c4ccccc43)c2)cc1. The van der Waals surface area contributed by atoms with E-state index in [4.69, 9.17) is 0 Å². The van der Waals surface area contributed by atoms with Crippen molar-refractivity contribution in [2.75, 3.05) is 4.90 Å². The minimum absolute atomic E-state index is 1.09. The first-order chi connectivity index (χ1) is 31.8. The van der Waals surface area contributed by atoms with E-state index in [1.54, 1.807) is 0 Å². The Morgan fingerprint density at radius 2 is 0.766 bits per heavy atom. The fraction of sp³-hybridized carbons (Fsp3) is 0. The fourth-order valence-electron chi connectivity index (χ4n) is 9.81. The minimum atomic E-state index is 1.09. The summed E-state index contributed by atoms with van der Waals surface area (Å²) in [6, 6.07) is 92.9. The lowest BCUT2D eigenvalue weighted by atomic mass is 9.93. The number of hydrogen-bond donors (Lipinski definition) is 0. The largest absolute Gasteiger partial charge is 0.309 e. The summed E-state index contributed by atoms with van der Waals surface area (Å²) < 4.78 is 2.44. The molecule has 64 heavy (non-hydrogen) atoms. The maximum absolute atomic E-state index is 2.50. The number of rotatable bonds is 8. The Morgan fingerprint density at radius 1 is 0.250 bits per heavy atom. The lowest BCUT2D eigenvalue weighted by Gasteiger charge is -2.31.